The Hall–Kier alpha value is -3.06. The molecule has 0 amide bonds. The van der Waals surface area contributed by atoms with E-state index in [1.54, 1.807) is 12.3 Å². The predicted molar refractivity (Wildman–Crippen MR) is 134 cm³/mol. The number of aryl methyl sites for hydroxylation is 1. The van der Waals surface area contributed by atoms with E-state index < -0.39 is 39.9 Å². The maximum atomic E-state index is 14.7. The molecule has 2 aromatic heterocycles. The Labute approximate surface area is 212 Å². The number of hydrogen-bond acceptors (Lipinski definition) is 7. The molecule has 8 nitrogen and oxygen atoms in total. The van der Waals surface area contributed by atoms with E-state index in [-0.39, 0.29) is 6.04 Å². The molecule has 3 heterocycles. The Kier molecular flexibility index (Phi) is 7.83. The number of benzene rings is 1. The van der Waals surface area contributed by atoms with Gasteiger partial charge in [-0.15, -0.1) is 0 Å². The van der Waals surface area contributed by atoms with Gasteiger partial charge in [-0.25, -0.2) is 27.8 Å². The number of nitrogens with zero attached hydrogens (tertiary/aromatic N) is 3. The van der Waals surface area contributed by atoms with Gasteiger partial charge in [0.05, 0.1) is 35.3 Å². The lowest BCUT2D eigenvalue weighted by molar-refractivity contribution is -0.129. The number of aromatic nitrogens is 3. The van der Waals surface area contributed by atoms with Crippen LogP contribution in [0.5, 0.6) is 0 Å². The lowest BCUT2D eigenvalue weighted by Gasteiger charge is -2.28. The van der Waals surface area contributed by atoms with Crippen LogP contribution in [0.15, 0.2) is 30.5 Å². The largest absolute Gasteiger partial charge is 0.390 e. The smallest absolute Gasteiger partial charge is 0.350 e. The van der Waals surface area contributed by atoms with Crippen LogP contribution in [0.25, 0.3) is 22.3 Å². The van der Waals surface area contributed by atoms with Gasteiger partial charge in [0.1, 0.15) is 11.3 Å². The number of nitrogens with one attached hydrogen (secondary N) is 3. The number of sulfonamides is 1. The van der Waals surface area contributed by atoms with E-state index in [2.05, 4.69) is 32.5 Å². The molecular formula is C24H28F4N6O2S. The average molecular weight is 541 g/mol. The van der Waals surface area contributed by atoms with Crippen LogP contribution in [0.3, 0.4) is 0 Å². The lowest BCUT2D eigenvalue weighted by atomic mass is 9.98. The number of piperidine rings is 1. The number of fused-ring (bicyclic) bond motifs is 1. The number of rotatable bonds is 8. The first-order valence-corrected chi connectivity index (χ1v) is 13.6. The number of anilines is 2. The molecule has 4 rings (SSSR count). The fraction of sp³-hybridized carbons (Fsp3) is 0.458. The zero-order chi connectivity index (χ0) is 26.8. The van der Waals surface area contributed by atoms with Crippen LogP contribution in [0, 0.1) is 11.7 Å². The minimum Gasteiger partial charge on any atom is -0.350 e. The summed E-state index contributed by atoms with van der Waals surface area (Å²) in [6.45, 7) is 5.94. The standard InChI is InChI=1S/C24H28F4N6O2S/c1-3-15-10-20(16-4-5-19(18(25)9-16)34-37(35,36)7-6-24(26,27)28)32-21-13-30-23(33-22(15)21)31-17-8-14(2)11-29-12-17/h4-5,9-10,13-14,17,29,34H,3,6-8,11-12H2,1-2H3,(H,30,31,33)/t14-,17-/m0/s1. The van der Waals surface area contributed by atoms with Gasteiger partial charge in [0.2, 0.25) is 16.0 Å². The summed E-state index contributed by atoms with van der Waals surface area (Å²) < 4.78 is 77.6. The molecule has 0 aliphatic carbocycles. The molecule has 1 fully saturated rings. The first kappa shape index (κ1) is 27.0. The number of hydrogen-bond donors (Lipinski definition) is 3. The normalized spacial score (nSPS) is 18.6. The van der Waals surface area contributed by atoms with Crippen LogP contribution in [0.1, 0.15) is 32.3 Å². The molecule has 0 radical (unpaired) electrons. The SMILES string of the molecule is CCc1cc(-c2ccc(NS(=O)(=O)CCC(F)(F)F)c(F)c2)nc2cnc(N[C@@H]3CNC[C@@H](C)C3)nc12. The number of alkyl halides is 3. The quantitative estimate of drug-likeness (QED) is 0.361. The maximum Gasteiger partial charge on any atom is 0.390 e. The molecule has 2 atom stereocenters. The van der Waals surface area contributed by atoms with Crippen LogP contribution >= 0.6 is 0 Å². The summed E-state index contributed by atoms with van der Waals surface area (Å²) in [5, 5.41) is 6.75. The fourth-order valence-electron chi connectivity index (χ4n) is 4.25. The van der Waals surface area contributed by atoms with Crippen molar-refractivity contribution in [1.82, 2.24) is 20.3 Å². The Morgan fingerprint density at radius 2 is 1.95 bits per heavy atom. The summed E-state index contributed by atoms with van der Waals surface area (Å²) in [6.07, 6.45) is -2.93. The van der Waals surface area contributed by atoms with Gasteiger partial charge in [0.25, 0.3) is 0 Å². The lowest BCUT2D eigenvalue weighted by Crippen LogP contribution is -2.42. The van der Waals surface area contributed by atoms with Crippen molar-refractivity contribution in [2.45, 2.75) is 45.3 Å². The first-order chi connectivity index (χ1) is 17.4. The summed E-state index contributed by atoms with van der Waals surface area (Å²) in [7, 11) is -4.38. The molecule has 0 saturated carbocycles. The van der Waals surface area contributed by atoms with E-state index in [1.807, 2.05) is 11.6 Å². The summed E-state index contributed by atoms with van der Waals surface area (Å²) in [4.78, 5) is 13.6. The minimum absolute atomic E-state index is 0.214. The second-order valence-electron chi connectivity index (χ2n) is 9.27. The molecular weight excluding hydrogens is 512 g/mol. The third-order valence-electron chi connectivity index (χ3n) is 6.09. The highest BCUT2D eigenvalue weighted by Crippen LogP contribution is 2.28. The maximum absolute atomic E-state index is 14.7. The van der Waals surface area contributed by atoms with Gasteiger partial charge >= 0.3 is 6.18 Å². The summed E-state index contributed by atoms with van der Waals surface area (Å²) in [5.41, 5.74) is 2.44. The molecule has 13 heteroatoms. The van der Waals surface area contributed by atoms with Crippen LogP contribution in [0.4, 0.5) is 29.2 Å². The Bertz CT molecular complexity index is 1380. The predicted octanol–water partition coefficient (Wildman–Crippen LogP) is 4.50. The molecule has 1 saturated heterocycles. The van der Waals surface area contributed by atoms with Crippen LogP contribution < -0.4 is 15.4 Å². The van der Waals surface area contributed by atoms with E-state index >= 15 is 0 Å². The second kappa shape index (κ2) is 10.7. The number of halogens is 4. The van der Waals surface area contributed by atoms with Crippen molar-refractivity contribution in [1.29, 1.82) is 0 Å². The van der Waals surface area contributed by atoms with E-state index in [1.165, 1.54) is 6.07 Å². The molecule has 1 aliphatic rings. The van der Waals surface area contributed by atoms with Gasteiger partial charge in [0, 0.05) is 18.2 Å². The topological polar surface area (TPSA) is 109 Å². The fourth-order valence-corrected chi connectivity index (χ4v) is 5.35. The molecule has 37 heavy (non-hydrogen) atoms. The molecule has 0 unspecified atom stereocenters. The Balaban J connectivity index is 1.56. The van der Waals surface area contributed by atoms with E-state index in [0.717, 1.165) is 37.2 Å². The van der Waals surface area contributed by atoms with Gasteiger partial charge in [-0.2, -0.15) is 13.2 Å². The van der Waals surface area contributed by atoms with Gasteiger partial charge in [-0.1, -0.05) is 19.9 Å². The molecule has 200 valence electrons. The molecule has 3 aromatic rings. The Morgan fingerprint density at radius 3 is 2.62 bits per heavy atom. The van der Waals surface area contributed by atoms with Crippen molar-refractivity contribution < 1.29 is 26.0 Å². The van der Waals surface area contributed by atoms with Gasteiger partial charge in [0.15, 0.2) is 0 Å². The van der Waals surface area contributed by atoms with Crippen molar-refractivity contribution in [3.05, 3.63) is 41.8 Å². The summed E-state index contributed by atoms with van der Waals surface area (Å²) >= 11 is 0. The van der Waals surface area contributed by atoms with E-state index in [0.29, 0.717) is 40.6 Å². The molecule has 1 aromatic carbocycles. The van der Waals surface area contributed by atoms with E-state index in [9.17, 15) is 26.0 Å². The zero-order valence-corrected chi connectivity index (χ0v) is 21.2. The number of pyridine rings is 1. The van der Waals surface area contributed by atoms with Crippen LogP contribution in [0.2, 0.25) is 0 Å². The van der Waals surface area contributed by atoms with Crippen molar-refractivity contribution in [2.75, 3.05) is 28.9 Å². The highest BCUT2D eigenvalue weighted by molar-refractivity contribution is 7.92. The Morgan fingerprint density at radius 1 is 1.16 bits per heavy atom. The van der Waals surface area contributed by atoms with Crippen molar-refractivity contribution in [3.63, 3.8) is 0 Å². The zero-order valence-electron chi connectivity index (χ0n) is 20.4. The highest BCUT2D eigenvalue weighted by atomic mass is 32.2. The third kappa shape index (κ3) is 7.04. The third-order valence-corrected chi connectivity index (χ3v) is 7.37. The van der Waals surface area contributed by atoms with Gasteiger partial charge in [-0.05, 0) is 49.1 Å². The van der Waals surface area contributed by atoms with Gasteiger partial charge < -0.3 is 10.6 Å². The minimum atomic E-state index is -4.64. The highest BCUT2D eigenvalue weighted by Gasteiger charge is 2.30. The summed E-state index contributed by atoms with van der Waals surface area (Å²) in [5.74, 6) is -1.08. The van der Waals surface area contributed by atoms with Crippen molar-refractivity contribution in [2.24, 2.45) is 5.92 Å². The van der Waals surface area contributed by atoms with Crippen LogP contribution in [-0.4, -0.2) is 54.4 Å². The monoisotopic (exact) mass is 540 g/mol. The molecule has 3 N–H and O–H groups in total. The molecule has 1 aliphatic heterocycles. The average Bonchev–Trinajstić information content (AvgIpc) is 2.83. The van der Waals surface area contributed by atoms with E-state index in [4.69, 9.17) is 0 Å². The van der Waals surface area contributed by atoms with Crippen molar-refractivity contribution in [3.8, 4) is 11.3 Å². The van der Waals surface area contributed by atoms with Crippen molar-refractivity contribution >= 4 is 32.7 Å². The molecule has 0 spiro atoms. The first-order valence-electron chi connectivity index (χ1n) is 11.9. The molecule has 0 bridgehead atoms. The van der Waals surface area contributed by atoms with Gasteiger partial charge in [-0.3, -0.25) is 4.72 Å². The summed E-state index contributed by atoms with van der Waals surface area (Å²) in [6, 6.07) is 5.70. The van der Waals surface area contributed by atoms with Crippen LogP contribution in [-0.2, 0) is 16.4 Å². The second-order valence-corrected chi connectivity index (χ2v) is 11.1.